The molecule has 1 fully saturated rings. The van der Waals surface area contributed by atoms with Crippen LogP contribution in [0.1, 0.15) is 47.3 Å². The van der Waals surface area contributed by atoms with E-state index in [1.165, 1.54) is 0 Å². The van der Waals surface area contributed by atoms with Crippen molar-refractivity contribution in [2.24, 2.45) is 0 Å². The zero-order valence-electron chi connectivity index (χ0n) is 18.8. The van der Waals surface area contributed by atoms with E-state index in [9.17, 15) is 18.0 Å². The number of rotatable bonds is 5. The fraction of sp³-hybridized carbons (Fsp3) is 0.360. The van der Waals surface area contributed by atoms with Crippen molar-refractivity contribution in [2.45, 2.75) is 48.4 Å². The summed E-state index contributed by atoms with van der Waals surface area (Å²) in [5.41, 5.74) is 1.24. The van der Waals surface area contributed by atoms with Gasteiger partial charge in [0.25, 0.3) is 5.91 Å². The first-order valence-electron chi connectivity index (χ1n) is 11.0. The molecule has 1 saturated carbocycles. The van der Waals surface area contributed by atoms with Crippen LogP contribution >= 0.6 is 22.6 Å². The third kappa shape index (κ3) is 5.56. The number of anilines is 1. The predicted molar refractivity (Wildman–Crippen MR) is 135 cm³/mol. The molecule has 1 aliphatic carbocycles. The first-order chi connectivity index (χ1) is 16.1. The first-order valence-corrected chi connectivity index (χ1v) is 12.0. The van der Waals surface area contributed by atoms with Crippen LogP contribution in [0.3, 0.4) is 0 Å². The SMILES string of the molecule is COc1ccc(C(=O)N[C@@H]2CCC[C@](I)(Nc3cc(C(F)(F)F)nc4ccc(C)cc34)C2)cc1. The van der Waals surface area contributed by atoms with Crippen molar-refractivity contribution in [3.05, 3.63) is 65.4 Å². The summed E-state index contributed by atoms with van der Waals surface area (Å²) in [4.78, 5) is 16.6. The second-order valence-electron chi connectivity index (χ2n) is 8.66. The Morgan fingerprint density at radius 1 is 1.18 bits per heavy atom. The van der Waals surface area contributed by atoms with Crippen molar-refractivity contribution < 1.29 is 22.7 Å². The Balaban J connectivity index is 1.56. The van der Waals surface area contributed by atoms with Crippen LogP contribution in [0.4, 0.5) is 18.9 Å². The summed E-state index contributed by atoms with van der Waals surface area (Å²) < 4.78 is 45.2. The minimum absolute atomic E-state index is 0.107. The Bertz CT molecular complexity index is 1200. The number of methoxy groups -OCH3 is 1. The van der Waals surface area contributed by atoms with Crippen molar-refractivity contribution in [1.29, 1.82) is 0 Å². The number of hydrogen-bond acceptors (Lipinski definition) is 4. The molecule has 0 aliphatic heterocycles. The van der Waals surface area contributed by atoms with Crippen molar-refractivity contribution in [2.75, 3.05) is 12.4 Å². The Labute approximate surface area is 209 Å². The van der Waals surface area contributed by atoms with Gasteiger partial charge in [0, 0.05) is 22.7 Å². The van der Waals surface area contributed by atoms with E-state index in [2.05, 4.69) is 38.2 Å². The summed E-state index contributed by atoms with van der Waals surface area (Å²) in [6.45, 7) is 1.89. The van der Waals surface area contributed by atoms with Gasteiger partial charge in [-0.25, -0.2) is 4.98 Å². The molecular weight excluding hydrogens is 558 g/mol. The number of carbonyl (C=O) groups is 1. The summed E-state index contributed by atoms with van der Waals surface area (Å²) in [7, 11) is 1.56. The summed E-state index contributed by atoms with van der Waals surface area (Å²) in [5.74, 6) is 0.486. The molecule has 34 heavy (non-hydrogen) atoms. The number of nitrogens with zero attached hydrogens (tertiary/aromatic N) is 1. The molecule has 2 atom stereocenters. The molecule has 0 spiro atoms. The van der Waals surface area contributed by atoms with Crippen molar-refractivity contribution in [3.8, 4) is 5.75 Å². The number of halogens is 4. The number of pyridine rings is 1. The molecule has 1 heterocycles. The highest BCUT2D eigenvalue weighted by Crippen LogP contribution is 2.41. The van der Waals surface area contributed by atoms with Crippen LogP contribution in [0.2, 0.25) is 0 Å². The lowest BCUT2D eigenvalue weighted by atomic mass is 9.90. The number of aryl methyl sites for hydroxylation is 1. The topological polar surface area (TPSA) is 63.2 Å². The van der Waals surface area contributed by atoms with Gasteiger partial charge in [0.2, 0.25) is 0 Å². The quantitative estimate of drug-likeness (QED) is 0.205. The zero-order valence-corrected chi connectivity index (χ0v) is 21.0. The summed E-state index contributed by atoms with van der Waals surface area (Å²) >= 11 is 2.27. The lowest BCUT2D eigenvalue weighted by molar-refractivity contribution is -0.140. The van der Waals surface area contributed by atoms with Gasteiger partial charge < -0.3 is 15.4 Å². The van der Waals surface area contributed by atoms with Crippen molar-refractivity contribution in [1.82, 2.24) is 10.3 Å². The molecule has 2 N–H and O–H groups in total. The number of amides is 1. The van der Waals surface area contributed by atoms with Crippen LogP contribution < -0.4 is 15.4 Å². The van der Waals surface area contributed by atoms with E-state index < -0.39 is 15.4 Å². The number of carbonyl (C=O) groups excluding carboxylic acids is 1. The summed E-state index contributed by atoms with van der Waals surface area (Å²) in [5, 5.41) is 7.10. The highest BCUT2D eigenvalue weighted by Gasteiger charge is 2.37. The fourth-order valence-electron chi connectivity index (χ4n) is 4.30. The molecule has 0 bridgehead atoms. The van der Waals surface area contributed by atoms with Crippen LogP contribution in [-0.2, 0) is 6.18 Å². The van der Waals surface area contributed by atoms with Gasteiger partial charge in [0.05, 0.1) is 16.2 Å². The number of nitrogens with one attached hydrogen (secondary N) is 2. The van der Waals surface area contributed by atoms with Gasteiger partial charge in [-0.2, -0.15) is 13.2 Å². The number of ether oxygens (including phenoxy) is 1. The first kappa shape index (κ1) is 24.6. The molecule has 0 unspecified atom stereocenters. The van der Waals surface area contributed by atoms with Gasteiger partial charge in [-0.05, 0) is 75.1 Å². The molecule has 0 radical (unpaired) electrons. The van der Waals surface area contributed by atoms with Crippen molar-refractivity contribution in [3.63, 3.8) is 0 Å². The van der Waals surface area contributed by atoms with Crippen LogP contribution in [-0.4, -0.2) is 27.6 Å². The van der Waals surface area contributed by atoms with Gasteiger partial charge >= 0.3 is 6.18 Å². The van der Waals surface area contributed by atoms with Crippen LogP contribution in [0, 0.1) is 6.92 Å². The van der Waals surface area contributed by atoms with E-state index in [1.807, 2.05) is 13.0 Å². The molecule has 1 aliphatic rings. The van der Waals surface area contributed by atoms with E-state index in [0.29, 0.717) is 34.3 Å². The molecule has 3 aromatic rings. The molecule has 5 nitrogen and oxygen atoms in total. The number of benzene rings is 2. The zero-order chi connectivity index (χ0) is 24.5. The average Bonchev–Trinajstić information content (AvgIpc) is 2.78. The smallest absolute Gasteiger partial charge is 0.433 e. The highest BCUT2D eigenvalue weighted by molar-refractivity contribution is 14.1. The molecule has 180 valence electrons. The predicted octanol–water partition coefficient (Wildman–Crippen LogP) is 6.49. The van der Waals surface area contributed by atoms with Crippen LogP contribution in [0.5, 0.6) is 5.75 Å². The lowest BCUT2D eigenvalue weighted by Crippen LogP contribution is -2.46. The van der Waals surface area contributed by atoms with Crippen LogP contribution in [0.15, 0.2) is 48.5 Å². The number of hydrogen-bond donors (Lipinski definition) is 2. The van der Waals surface area contributed by atoms with Gasteiger partial charge in [-0.15, -0.1) is 0 Å². The summed E-state index contributed by atoms with van der Waals surface area (Å²) in [6, 6.07) is 13.1. The number of alkyl halides is 4. The molecular formula is C25H25F3IN3O2. The van der Waals surface area contributed by atoms with E-state index in [0.717, 1.165) is 30.9 Å². The maximum Gasteiger partial charge on any atom is 0.433 e. The summed E-state index contributed by atoms with van der Waals surface area (Å²) in [6.07, 6.45) is -1.57. The Morgan fingerprint density at radius 3 is 2.59 bits per heavy atom. The average molecular weight is 583 g/mol. The Kier molecular flexibility index (Phi) is 6.93. The van der Waals surface area contributed by atoms with Gasteiger partial charge in [0.15, 0.2) is 0 Å². The third-order valence-electron chi connectivity index (χ3n) is 6.00. The normalized spacial score (nSPS) is 20.7. The van der Waals surface area contributed by atoms with E-state index in [1.54, 1.807) is 43.5 Å². The monoisotopic (exact) mass is 583 g/mol. The molecule has 9 heteroatoms. The van der Waals surface area contributed by atoms with E-state index >= 15 is 0 Å². The molecule has 4 rings (SSSR count). The van der Waals surface area contributed by atoms with Gasteiger partial charge in [-0.1, -0.05) is 34.2 Å². The number of fused-ring (bicyclic) bond motifs is 1. The van der Waals surface area contributed by atoms with Gasteiger partial charge in [-0.3, -0.25) is 4.79 Å². The maximum absolute atomic E-state index is 13.5. The van der Waals surface area contributed by atoms with E-state index in [4.69, 9.17) is 4.74 Å². The largest absolute Gasteiger partial charge is 0.497 e. The third-order valence-corrected chi connectivity index (χ3v) is 7.25. The lowest BCUT2D eigenvalue weighted by Gasteiger charge is -2.38. The standard InChI is InChI=1S/C25H25F3IN3O2/c1-15-5-10-20-19(12-15)21(13-22(31-20)25(26,27)28)32-24(29)11-3-4-17(14-24)30-23(33)16-6-8-18(34-2)9-7-16/h5-10,12-13,17H,3-4,11,14H2,1-2H3,(H,30,33)(H,31,32)/t17-,24+/m1/s1. The number of aromatic nitrogens is 1. The molecule has 1 aromatic heterocycles. The van der Waals surface area contributed by atoms with Crippen molar-refractivity contribution >= 4 is 45.1 Å². The minimum Gasteiger partial charge on any atom is -0.497 e. The Morgan fingerprint density at radius 2 is 1.91 bits per heavy atom. The molecule has 2 aromatic carbocycles. The Hall–Kier alpha value is -2.56. The maximum atomic E-state index is 13.5. The highest BCUT2D eigenvalue weighted by atomic mass is 127. The second kappa shape index (κ2) is 9.59. The second-order valence-corrected chi connectivity index (χ2v) is 10.7. The van der Waals surface area contributed by atoms with Gasteiger partial charge in [0.1, 0.15) is 11.4 Å². The molecule has 1 amide bonds. The molecule has 0 saturated heterocycles. The minimum atomic E-state index is -4.55. The fourth-order valence-corrected chi connectivity index (χ4v) is 5.50. The van der Waals surface area contributed by atoms with Crippen LogP contribution in [0.25, 0.3) is 10.9 Å². The van der Waals surface area contributed by atoms with E-state index in [-0.39, 0.29) is 11.9 Å².